The van der Waals surface area contributed by atoms with Crippen LogP contribution >= 0.6 is 0 Å². The Hall–Kier alpha value is -1.23. The molecule has 0 aliphatic heterocycles. The second kappa shape index (κ2) is 3.25. The minimum Gasteiger partial charge on any atom is -0.366 e. The number of aromatic amines is 1. The number of H-pyrrole nitrogens is 1. The van der Waals surface area contributed by atoms with Crippen molar-refractivity contribution >= 4 is 0 Å². The molecule has 58 valence electrons. The van der Waals surface area contributed by atoms with Gasteiger partial charge in [-0.05, 0) is 17.9 Å². The molecular formula is C9H12N2. The van der Waals surface area contributed by atoms with Crippen molar-refractivity contribution in [1.82, 2.24) is 4.98 Å². The topological polar surface area (TPSA) is 39.6 Å². The number of rotatable bonds is 2. The Morgan fingerprint density at radius 2 is 2.27 bits per heavy atom. The lowest BCUT2D eigenvalue weighted by Crippen LogP contribution is -1.93. The molecule has 0 fully saturated rings. The van der Waals surface area contributed by atoms with Crippen LogP contribution in [-0.4, -0.2) is 4.98 Å². The van der Waals surface area contributed by atoms with Gasteiger partial charge in [-0.2, -0.15) is 5.26 Å². The number of nitrogens with one attached hydrogen (secondary N) is 1. The summed E-state index contributed by atoms with van der Waals surface area (Å²) >= 11 is 0. The van der Waals surface area contributed by atoms with Crippen molar-refractivity contribution in [3.05, 3.63) is 23.5 Å². The molecule has 1 rings (SSSR count). The van der Waals surface area contributed by atoms with Gasteiger partial charge in [0, 0.05) is 12.4 Å². The summed E-state index contributed by atoms with van der Waals surface area (Å²) in [6.45, 7) is 4.29. The highest BCUT2D eigenvalue weighted by molar-refractivity contribution is 5.35. The smallest absolute Gasteiger partial charge is 0.101 e. The molecule has 0 saturated heterocycles. The van der Waals surface area contributed by atoms with Crippen molar-refractivity contribution in [2.24, 2.45) is 5.92 Å². The van der Waals surface area contributed by atoms with E-state index < -0.39 is 0 Å². The standard InChI is InChI=1S/C9H12N2/c1-7(2)3-8-5-11-6-9(8)4-10/h5-7,11H,3H2,1-2H3. The zero-order valence-electron chi connectivity index (χ0n) is 6.89. The quantitative estimate of drug-likeness (QED) is 0.685. The summed E-state index contributed by atoms with van der Waals surface area (Å²) in [4.78, 5) is 2.93. The van der Waals surface area contributed by atoms with Crippen LogP contribution in [0.2, 0.25) is 0 Å². The van der Waals surface area contributed by atoms with Gasteiger partial charge in [0.05, 0.1) is 5.56 Å². The molecule has 11 heavy (non-hydrogen) atoms. The first-order valence-corrected chi connectivity index (χ1v) is 3.79. The van der Waals surface area contributed by atoms with Crippen molar-refractivity contribution in [2.75, 3.05) is 0 Å². The largest absolute Gasteiger partial charge is 0.366 e. The van der Waals surface area contributed by atoms with Crippen LogP contribution in [0.3, 0.4) is 0 Å². The summed E-state index contributed by atoms with van der Waals surface area (Å²) < 4.78 is 0. The maximum Gasteiger partial charge on any atom is 0.101 e. The molecule has 1 N–H and O–H groups in total. The molecule has 1 heterocycles. The van der Waals surface area contributed by atoms with Crippen LogP contribution in [0.1, 0.15) is 25.0 Å². The van der Waals surface area contributed by atoms with Crippen molar-refractivity contribution < 1.29 is 0 Å². The molecule has 0 amide bonds. The fourth-order valence-electron chi connectivity index (χ4n) is 1.11. The van der Waals surface area contributed by atoms with E-state index in [0.717, 1.165) is 17.5 Å². The average Bonchev–Trinajstić information content (AvgIpc) is 2.34. The minimum absolute atomic E-state index is 0.609. The third-order valence-electron chi connectivity index (χ3n) is 1.58. The predicted octanol–water partition coefficient (Wildman–Crippen LogP) is 2.08. The molecule has 0 spiro atoms. The molecular weight excluding hydrogens is 136 g/mol. The van der Waals surface area contributed by atoms with Crippen LogP contribution in [0.15, 0.2) is 12.4 Å². The molecule has 0 aliphatic rings. The first-order valence-electron chi connectivity index (χ1n) is 3.79. The van der Waals surface area contributed by atoms with E-state index in [2.05, 4.69) is 24.9 Å². The molecule has 0 aliphatic carbocycles. The van der Waals surface area contributed by atoms with E-state index in [9.17, 15) is 0 Å². The second-order valence-corrected chi connectivity index (χ2v) is 3.10. The van der Waals surface area contributed by atoms with Crippen molar-refractivity contribution in [3.63, 3.8) is 0 Å². The molecule has 0 aromatic carbocycles. The first-order chi connectivity index (χ1) is 5.24. The number of aromatic nitrogens is 1. The van der Waals surface area contributed by atoms with Crippen molar-refractivity contribution in [3.8, 4) is 6.07 Å². The highest BCUT2D eigenvalue weighted by Crippen LogP contribution is 2.11. The van der Waals surface area contributed by atoms with E-state index >= 15 is 0 Å². The second-order valence-electron chi connectivity index (χ2n) is 3.10. The maximum absolute atomic E-state index is 8.65. The SMILES string of the molecule is CC(C)Cc1c[nH]cc1C#N. The number of nitrogens with zero attached hydrogens (tertiary/aromatic N) is 1. The van der Waals surface area contributed by atoms with Crippen LogP contribution in [0.4, 0.5) is 0 Å². The molecule has 1 aromatic rings. The van der Waals surface area contributed by atoms with E-state index in [1.165, 1.54) is 0 Å². The summed E-state index contributed by atoms with van der Waals surface area (Å²) in [5.74, 6) is 0.609. The minimum atomic E-state index is 0.609. The average molecular weight is 148 g/mol. The Morgan fingerprint density at radius 3 is 2.82 bits per heavy atom. The normalized spacial score (nSPS) is 10.0. The molecule has 0 bridgehead atoms. The third-order valence-corrected chi connectivity index (χ3v) is 1.58. The zero-order chi connectivity index (χ0) is 8.27. The van der Waals surface area contributed by atoms with E-state index in [0.29, 0.717) is 5.92 Å². The van der Waals surface area contributed by atoms with Gasteiger partial charge in [0.2, 0.25) is 0 Å². The van der Waals surface area contributed by atoms with Gasteiger partial charge in [-0.1, -0.05) is 13.8 Å². The highest BCUT2D eigenvalue weighted by atomic mass is 14.6. The number of nitriles is 1. The van der Waals surface area contributed by atoms with Gasteiger partial charge in [-0.15, -0.1) is 0 Å². The maximum atomic E-state index is 8.65. The number of hydrogen-bond donors (Lipinski definition) is 1. The van der Waals surface area contributed by atoms with Gasteiger partial charge >= 0.3 is 0 Å². The van der Waals surface area contributed by atoms with Gasteiger partial charge in [0.25, 0.3) is 0 Å². The van der Waals surface area contributed by atoms with Crippen LogP contribution in [0.25, 0.3) is 0 Å². The van der Waals surface area contributed by atoms with Crippen LogP contribution < -0.4 is 0 Å². The summed E-state index contributed by atoms with van der Waals surface area (Å²) in [7, 11) is 0. The fraction of sp³-hybridized carbons (Fsp3) is 0.444. The lowest BCUT2D eigenvalue weighted by atomic mass is 10.0. The third kappa shape index (κ3) is 1.84. The molecule has 2 nitrogen and oxygen atoms in total. The summed E-state index contributed by atoms with van der Waals surface area (Å²) in [5, 5.41) is 8.65. The zero-order valence-corrected chi connectivity index (χ0v) is 6.89. The summed E-state index contributed by atoms with van der Waals surface area (Å²) in [5.41, 5.74) is 1.90. The molecule has 0 unspecified atom stereocenters. The lowest BCUT2D eigenvalue weighted by molar-refractivity contribution is 0.647. The monoisotopic (exact) mass is 148 g/mol. The first kappa shape index (κ1) is 7.87. The Balaban J connectivity index is 2.79. The summed E-state index contributed by atoms with van der Waals surface area (Å²) in [6.07, 6.45) is 4.63. The highest BCUT2D eigenvalue weighted by Gasteiger charge is 2.03. The summed E-state index contributed by atoms with van der Waals surface area (Å²) in [6, 6.07) is 2.15. The number of hydrogen-bond acceptors (Lipinski definition) is 1. The van der Waals surface area contributed by atoms with Crippen LogP contribution in [0, 0.1) is 17.2 Å². The van der Waals surface area contributed by atoms with Crippen molar-refractivity contribution in [1.29, 1.82) is 5.26 Å². The van der Waals surface area contributed by atoms with Gasteiger partial charge in [0.15, 0.2) is 0 Å². The van der Waals surface area contributed by atoms with Crippen LogP contribution in [-0.2, 0) is 6.42 Å². The Morgan fingerprint density at radius 1 is 1.55 bits per heavy atom. The van der Waals surface area contributed by atoms with E-state index in [4.69, 9.17) is 5.26 Å². The van der Waals surface area contributed by atoms with Gasteiger partial charge in [-0.25, -0.2) is 0 Å². The lowest BCUT2D eigenvalue weighted by Gasteiger charge is -2.00. The fourth-order valence-corrected chi connectivity index (χ4v) is 1.11. The van der Waals surface area contributed by atoms with Gasteiger partial charge in [0.1, 0.15) is 6.07 Å². The van der Waals surface area contributed by atoms with E-state index in [1.807, 2.05) is 6.20 Å². The Labute approximate surface area is 66.9 Å². The Bertz CT molecular complexity index is 265. The van der Waals surface area contributed by atoms with Crippen LogP contribution in [0.5, 0.6) is 0 Å². The Kier molecular flexibility index (Phi) is 2.32. The molecule has 0 radical (unpaired) electrons. The molecule has 0 atom stereocenters. The van der Waals surface area contributed by atoms with Crippen molar-refractivity contribution in [2.45, 2.75) is 20.3 Å². The molecule has 2 heteroatoms. The predicted molar refractivity (Wildman–Crippen MR) is 44.0 cm³/mol. The van der Waals surface area contributed by atoms with Gasteiger partial charge < -0.3 is 4.98 Å². The molecule has 0 saturated carbocycles. The molecule has 1 aromatic heterocycles. The van der Waals surface area contributed by atoms with Gasteiger partial charge in [-0.3, -0.25) is 0 Å². The van der Waals surface area contributed by atoms with E-state index in [1.54, 1.807) is 6.20 Å². The van der Waals surface area contributed by atoms with E-state index in [-0.39, 0.29) is 0 Å².